The Bertz CT molecular complexity index is 940. The Morgan fingerprint density at radius 2 is 1.38 bits per heavy atom. The normalized spacial score (nSPS) is 16.8. The van der Waals surface area contributed by atoms with E-state index in [4.69, 9.17) is 20.3 Å². The number of aliphatic hydroxyl groups excluding tert-OH is 2. The quantitative estimate of drug-likeness (QED) is 0.235. The number of ether oxygens (including phenoxy) is 2. The van der Waals surface area contributed by atoms with Crippen LogP contribution in [0.2, 0.25) is 0 Å². The number of pyridine rings is 2. The summed E-state index contributed by atoms with van der Waals surface area (Å²) in [5, 5.41) is 20.7. The first-order chi connectivity index (χ1) is 18.8. The number of nitrogens with one attached hydrogen (secondary N) is 1. The molecule has 10 nitrogen and oxygen atoms in total. The van der Waals surface area contributed by atoms with Crippen molar-refractivity contribution in [1.29, 1.82) is 0 Å². The van der Waals surface area contributed by atoms with Gasteiger partial charge in [-0.1, -0.05) is 13.8 Å². The molecule has 0 aliphatic carbocycles. The van der Waals surface area contributed by atoms with Crippen LogP contribution < -0.4 is 20.9 Å². The van der Waals surface area contributed by atoms with Crippen LogP contribution in [0, 0.1) is 13.1 Å². The van der Waals surface area contributed by atoms with E-state index in [9.17, 15) is 9.50 Å². The molecular formula is C26H41FI2N6O4. The van der Waals surface area contributed by atoms with Gasteiger partial charge < -0.3 is 40.5 Å². The molecule has 2 saturated heterocycles. The van der Waals surface area contributed by atoms with E-state index >= 15 is 0 Å². The second-order valence-corrected chi connectivity index (χ2v) is 11.5. The Morgan fingerprint density at radius 3 is 1.79 bits per heavy atom. The Balaban J connectivity index is 0.000000234. The summed E-state index contributed by atoms with van der Waals surface area (Å²) in [6, 6.07) is 7.44. The lowest BCUT2D eigenvalue weighted by atomic mass is 10.2. The van der Waals surface area contributed by atoms with Gasteiger partial charge in [-0.2, -0.15) is 4.39 Å². The van der Waals surface area contributed by atoms with Crippen molar-refractivity contribution in [3.63, 3.8) is 0 Å². The minimum atomic E-state index is -0.418. The summed E-state index contributed by atoms with van der Waals surface area (Å²) >= 11 is 4.39. The standard InChI is InChI=1S/C13H20IN3O2.C9H10FIN2O.C4H11NO/c1-2-11(9-18)15-12-7-10(14)8-13(16-12)17-3-5-19-6-4-17;10-8-5-7(11)6-9(12-8)13-1-3-14-4-2-13;1-2-4(5)3-6/h7-8,11,18H,2-6,9H2,1H3,(H,15,16);5-6H,1-4H2;4,6H,2-3,5H2,1H3/t11-;;4-/m1.1/s1. The molecule has 0 unspecified atom stereocenters. The van der Waals surface area contributed by atoms with Crippen LogP contribution in [0.15, 0.2) is 24.3 Å². The second-order valence-electron chi connectivity index (χ2n) is 8.98. The van der Waals surface area contributed by atoms with E-state index in [0.717, 1.165) is 71.0 Å². The lowest BCUT2D eigenvalue weighted by Gasteiger charge is -2.28. The third-order valence-corrected chi connectivity index (χ3v) is 7.26. The second kappa shape index (κ2) is 19.1. The number of nitrogens with zero attached hydrogens (tertiary/aromatic N) is 4. The van der Waals surface area contributed by atoms with Gasteiger partial charge in [-0.25, -0.2) is 9.97 Å². The van der Waals surface area contributed by atoms with Crippen molar-refractivity contribution in [1.82, 2.24) is 9.97 Å². The van der Waals surface area contributed by atoms with Gasteiger partial charge in [-0.15, -0.1) is 0 Å². The summed E-state index contributed by atoms with van der Waals surface area (Å²) in [6.45, 7) is 10.4. The summed E-state index contributed by atoms with van der Waals surface area (Å²) < 4.78 is 25.6. The maximum absolute atomic E-state index is 13.0. The van der Waals surface area contributed by atoms with Gasteiger partial charge in [-0.3, -0.25) is 0 Å². The van der Waals surface area contributed by atoms with Crippen LogP contribution in [-0.2, 0) is 9.47 Å². The largest absolute Gasteiger partial charge is 0.395 e. The predicted molar refractivity (Wildman–Crippen MR) is 170 cm³/mol. The zero-order valence-corrected chi connectivity index (χ0v) is 27.0. The van der Waals surface area contributed by atoms with Gasteiger partial charge in [0.05, 0.1) is 45.7 Å². The van der Waals surface area contributed by atoms with Crippen LogP contribution >= 0.6 is 45.2 Å². The molecule has 0 aromatic carbocycles. The lowest BCUT2D eigenvalue weighted by molar-refractivity contribution is 0.122. The number of hydrogen-bond donors (Lipinski definition) is 4. The predicted octanol–water partition coefficient (Wildman–Crippen LogP) is 3.08. The van der Waals surface area contributed by atoms with Crippen molar-refractivity contribution in [2.75, 3.05) is 80.9 Å². The van der Waals surface area contributed by atoms with Crippen molar-refractivity contribution in [2.45, 2.75) is 38.8 Å². The number of anilines is 3. The van der Waals surface area contributed by atoms with Gasteiger partial charge in [0, 0.05) is 45.4 Å². The molecular weight excluding hydrogens is 733 g/mol. The molecule has 39 heavy (non-hydrogen) atoms. The molecule has 0 saturated carbocycles. The molecule has 0 amide bonds. The van der Waals surface area contributed by atoms with Crippen LogP contribution in [0.4, 0.5) is 21.8 Å². The van der Waals surface area contributed by atoms with Crippen LogP contribution in [0.1, 0.15) is 26.7 Å². The fraction of sp³-hybridized carbons (Fsp3) is 0.615. The SMILES string of the molecule is CC[C@@H](N)CO.CC[C@H](CO)Nc1cc(I)cc(N2CCOCC2)n1.Fc1cc(I)cc(N2CCOCC2)n1. The van der Waals surface area contributed by atoms with E-state index < -0.39 is 5.95 Å². The average Bonchev–Trinajstić information content (AvgIpc) is 2.96. The van der Waals surface area contributed by atoms with Crippen molar-refractivity contribution >= 4 is 62.6 Å². The minimum Gasteiger partial charge on any atom is -0.395 e. The molecule has 2 aliphatic rings. The summed E-state index contributed by atoms with van der Waals surface area (Å²) in [5.74, 6) is 2.09. The highest BCUT2D eigenvalue weighted by molar-refractivity contribution is 14.1. The van der Waals surface area contributed by atoms with Crippen molar-refractivity contribution in [2.24, 2.45) is 5.73 Å². The molecule has 4 heterocycles. The molecule has 0 radical (unpaired) electrons. The topological polar surface area (TPSA) is 129 Å². The highest BCUT2D eigenvalue weighted by atomic mass is 127. The van der Waals surface area contributed by atoms with Gasteiger partial charge in [0.1, 0.15) is 17.5 Å². The Labute approximate surface area is 258 Å². The molecule has 5 N–H and O–H groups in total. The molecule has 2 aromatic rings. The summed E-state index contributed by atoms with van der Waals surface area (Å²) in [6.07, 6.45) is 1.73. The van der Waals surface area contributed by atoms with Gasteiger partial charge in [0.25, 0.3) is 0 Å². The monoisotopic (exact) mass is 774 g/mol. The van der Waals surface area contributed by atoms with E-state index in [1.807, 2.05) is 30.9 Å². The number of rotatable bonds is 8. The Kier molecular flexibility index (Phi) is 16.7. The van der Waals surface area contributed by atoms with Crippen LogP contribution in [-0.4, -0.2) is 98.1 Å². The molecule has 0 bridgehead atoms. The van der Waals surface area contributed by atoms with E-state index in [1.54, 1.807) is 0 Å². The molecule has 2 aromatic heterocycles. The van der Waals surface area contributed by atoms with Crippen LogP contribution in [0.5, 0.6) is 0 Å². The molecule has 0 spiro atoms. The lowest BCUT2D eigenvalue weighted by Crippen LogP contribution is -2.37. The van der Waals surface area contributed by atoms with Gasteiger partial charge >= 0.3 is 0 Å². The van der Waals surface area contributed by atoms with Crippen molar-refractivity contribution in [3.05, 3.63) is 37.4 Å². The number of aliphatic hydroxyl groups is 2. The zero-order valence-electron chi connectivity index (χ0n) is 22.7. The number of hydrogen-bond acceptors (Lipinski definition) is 10. The van der Waals surface area contributed by atoms with Gasteiger partial charge in [0.2, 0.25) is 5.95 Å². The van der Waals surface area contributed by atoms with E-state index in [2.05, 4.69) is 71.4 Å². The van der Waals surface area contributed by atoms with Gasteiger partial charge in [-0.05, 0) is 76.2 Å². The number of nitrogens with two attached hydrogens (primary N) is 1. The third kappa shape index (κ3) is 12.9. The first kappa shape index (κ1) is 34.1. The average molecular weight is 774 g/mol. The number of halogens is 3. The first-order valence-electron chi connectivity index (χ1n) is 13.2. The van der Waals surface area contributed by atoms with Crippen LogP contribution in [0.3, 0.4) is 0 Å². The number of aromatic nitrogens is 2. The van der Waals surface area contributed by atoms with Crippen molar-refractivity contribution in [3.8, 4) is 0 Å². The molecule has 2 fully saturated rings. The van der Waals surface area contributed by atoms with Crippen LogP contribution in [0.25, 0.3) is 0 Å². The third-order valence-electron chi connectivity index (χ3n) is 6.02. The summed E-state index contributed by atoms with van der Waals surface area (Å²) in [7, 11) is 0. The maximum Gasteiger partial charge on any atom is 0.215 e. The molecule has 2 atom stereocenters. The Morgan fingerprint density at radius 1 is 0.872 bits per heavy atom. The number of morpholine rings is 2. The fourth-order valence-corrected chi connectivity index (χ4v) is 4.64. The minimum absolute atomic E-state index is 0.00926. The van der Waals surface area contributed by atoms with Gasteiger partial charge in [0.15, 0.2) is 0 Å². The summed E-state index contributed by atoms with van der Waals surface area (Å²) in [4.78, 5) is 12.8. The smallest absolute Gasteiger partial charge is 0.215 e. The fourth-order valence-electron chi connectivity index (χ4n) is 3.53. The molecule has 4 rings (SSSR count). The van der Waals surface area contributed by atoms with E-state index in [-0.39, 0.29) is 25.3 Å². The highest BCUT2D eigenvalue weighted by Crippen LogP contribution is 2.21. The molecule has 13 heteroatoms. The van der Waals surface area contributed by atoms with Crippen molar-refractivity contribution < 1.29 is 24.1 Å². The molecule has 220 valence electrons. The maximum atomic E-state index is 13.0. The Hall–Kier alpha value is -1.11. The highest BCUT2D eigenvalue weighted by Gasteiger charge is 2.15. The zero-order chi connectivity index (χ0) is 28.6. The summed E-state index contributed by atoms with van der Waals surface area (Å²) in [5.41, 5.74) is 5.22. The van der Waals surface area contributed by atoms with E-state index in [0.29, 0.717) is 19.0 Å². The molecule has 2 aliphatic heterocycles. The van der Waals surface area contributed by atoms with E-state index in [1.165, 1.54) is 6.07 Å². The first-order valence-corrected chi connectivity index (χ1v) is 15.3.